The molecule has 0 radical (unpaired) electrons. The summed E-state index contributed by atoms with van der Waals surface area (Å²) in [6.45, 7) is 17.8. The maximum absolute atomic E-state index is 12.3. The third kappa shape index (κ3) is 25.9. The summed E-state index contributed by atoms with van der Waals surface area (Å²) < 4.78 is 11.4. The third-order valence-electron chi connectivity index (χ3n) is 9.13. The molecule has 4 rings (SSSR count). The second-order valence-electron chi connectivity index (χ2n) is 14.0. The molecule has 0 aliphatic carbocycles. The first kappa shape index (κ1) is 56.7. The topological polar surface area (TPSA) is 161 Å². The molecule has 0 unspecified atom stereocenters. The fraction of sp³-hybridized carbons (Fsp3) is 0.346. The highest BCUT2D eigenvalue weighted by atomic mass is 16.5. The lowest BCUT2D eigenvalue weighted by atomic mass is 10.0. The highest BCUT2D eigenvalue weighted by Crippen LogP contribution is 2.31. The minimum absolute atomic E-state index is 0.0804. The molecule has 0 spiro atoms. The number of allylic oxidation sites excluding steroid dienone is 5. The fourth-order valence-corrected chi connectivity index (χ4v) is 5.96. The summed E-state index contributed by atoms with van der Waals surface area (Å²) in [7, 11) is 3.41. The van der Waals surface area contributed by atoms with Gasteiger partial charge in [0, 0.05) is 62.1 Å². The summed E-state index contributed by atoms with van der Waals surface area (Å²) in [5.41, 5.74) is 15.5. The molecule has 0 aromatic heterocycles. The highest BCUT2D eigenvalue weighted by Gasteiger charge is 2.08. The Balaban J connectivity index is 0.00000222. The smallest absolute Gasteiger partial charge is 0.220 e. The van der Waals surface area contributed by atoms with Crippen molar-refractivity contribution in [1.29, 1.82) is 0 Å². The van der Waals surface area contributed by atoms with Crippen molar-refractivity contribution in [3.8, 4) is 11.5 Å². The van der Waals surface area contributed by atoms with E-state index < -0.39 is 0 Å². The molecule has 0 atom stereocenters. The lowest BCUT2D eigenvalue weighted by Gasteiger charge is -2.13. The fourth-order valence-electron chi connectivity index (χ4n) is 5.96. The van der Waals surface area contributed by atoms with Crippen LogP contribution in [0.1, 0.15) is 98.7 Å². The van der Waals surface area contributed by atoms with Crippen molar-refractivity contribution in [3.05, 3.63) is 150 Å². The third-order valence-corrected chi connectivity index (χ3v) is 9.13. The minimum atomic E-state index is 0.0804. The number of hydrogen-bond acceptors (Lipinski definition) is 9. The zero-order valence-electron chi connectivity index (χ0n) is 38.4. The molecular weight excluding hydrogens is 791 g/mol. The van der Waals surface area contributed by atoms with Gasteiger partial charge in [-0.15, -0.1) is 0 Å². The number of hydrazine groups is 1. The van der Waals surface area contributed by atoms with Crippen LogP contribution in [0.15, 0.2) is 128 Å². The van der Waals surface area contributed by atoms with Crippen molar-refractivity contribution in [3.63, 3.8) is 0 Å². The van der Waals surface area contributed by atoms with E-state index in [4.69, 9.17) is 19.1 Å². The Morgan fingerprint density at radius 3 is 2.13 bits per heavy atom. The summed E-state index contributed by atoms with van der Waals surface area (Å²) in [4.78, 5) is 40.2. The summed E-state index contributed by atoms with van der Waals surface area (Å²) in [6.07, 6.45) is 20.8. The van der Waals surface area contributed by atoms with Crippen LogP contribution in [0.4, 0.5) is 5.69 Å². The number of carbonyl (C=O) groups is 4. The number of amides is 2. The molecule has 0 heterocycles. The van der Waals surface area contributed by atoms with E-state index in [0.717, 1.165) is 84.0 Å². The van der Waals surface area contributed by atoms with Gasteiger partial charge in [-0.3, -0.25) is 14.4 Å². The predicted molar refractivity (Wildman–Crippen MR) is 263 cm³/mol. The molecule has 0 aliphatic heterocycles. The normalized spacial score (nSPS) is 10.2. The van der Waals surface area contributed by atoms with Gasteiger partial charge in [-0.1, -0.05) is 144 Å². The van der Waals surface area contributed by atoms with Crippen LogP contribution in [-0.2, 0) is 32.1 Å². The number of nitrogens with two attached hydrogens (primary N) is 1. The second kappa shape index (κ2) is 38.6. The Kier molecular flexibility index (Phi) is 34.7. The summed E-state index contributed by atoms with van der Waals surface area (Å²) in [5.74, 6) is 1.75. The van der Waals surface area contributed by atoms with Gasteiger partial charge < -0.3 is 36.1 Å². The number of methoxy groups -OCH3 is 1. The van der Waals surface area contributed by atoms with E-state index in [1.165, 1.54) is 30.4 Å². The second-order valence-corrected chi connectivity index (χ2v) is 14.0. The monoisotopic (exact) mass is 864 g/mol. The molecule has 0 fully saturated rings. The van der Waals surface area contributed by atoms with E-state index in [1.54, 1.807) is 26.4 Å². The molecule has 0 aliphatic rings. The van der Waals surface area contributed by atoms with Gasteiger partial charge >= 0.3 is 0 Å². The van der Waals surface area contributed by atoms with E-state index in [9.17, 15) is 9.59 Å². The zero-order valence-corrected chi connectivity index (χ0v) is 38.4. The van der Waals surface area contributed by atoms with Gasteiger partial charge in [-0.25, -0.2) is 5.43 Å². The van der Waals surface area contributed by atoms with Gasteiger partial charge in [0.1, 0.15) is 24.6 Å². The first-order chi connectivity index (χ1) is 30.7. The summed E-state index contributed by atoms with van der Waals surface area (Å²) >= 11 is 0. The van der Waals surface area contributed by atoms with Crippen molar-refractivity contribution in [2.24, 2.45) is 5.73 Å². The maximum atomic E-state index is 12.3. The van der Waals surface area contributed by atoms with E-state index in [0.29, 0.717) is 31.6 Å². The lowest BCUT2D eigenvalue weighted by Crippen LogP contribution is -2.23. The molecular formula is C52H73N5O6. The van der Waals surface area contributed by atoms with E-state index in [1.807, 2.05) is 61.4 Å². The number of anilines is 1. The van der Waals surface area contributed by atoms with Crippen LogP contribution in [-0.4, -0.2) is 52.6 Å². The van der Waals surface area contributed by atoms with Crippen LogP contribution in [0.5, 0.6) is 11.5 Å². The molecule has 4 aromatic rings. The number of carbonyl (C=O) groups excluding carboxylic acids is 4. The van der Waals surface area contributed by atoms with Gasteiger partial charge in [0.25, 0.3) is 0 Å². The molecule has 63 heavy (non-hydrogen) atoms. The Labute approximate surface area is 377 Å². The molecule has 0 saturated heterocycles. The molecule has 6 N–H and O–H groups in total. The first-order valence-corrected chi connectivity index (χ1v) is 21.5. The lowest BCUT2D eigenvalue weighted by molar-refractivity contribution is -0.121. The number of rotatable bonds is 24. The molecule has 2 amide bonds. The van der Waals surface area contributed by atoms with E-state index >= 15 is 0 Å². The summed E-state index contributed by atoms with van der Waals surface area (Å²) in [5, 5.41) is 8.67. The number of nitrogens with one attached hydrogen (secondary N) is 4. The van der Waals surface area contributed by atoms with Crippen LogP contribution in [0.3, 0.4) is 0 Å². The van der Waals surface area contributed by atoms with Crippen LogP contribution >= 0.6 is 0 Å². The van der Waals surface area contributed by atoms with Crippen molar-refractivity contribution in [2.45, 2.75) is 91.6 Å². The largest absolute Gasteiger partial charge is 0.457 e. The predicted octanol–water partition coefficient (Wildman–Crippen LogP) is 10.6. The first-order valence-electron chi connectivity index (χ1n) is 21.5. The van der Waals surface area contributed by atoms with Gasteiger partial charge in [0.2, 0.25) is 12.3 Å². The van der Waals surface area contributed by atoms with Crippen molar-refractivity contribution in [1.82, 2.24) is 16.2 Å². The molecule has 0 saturated carbocycles. The Morgan fingerprint density at radius 1 is 0.857 bits per heavy atom. The molecule has 11 nitrogen and oxygen atoms in total. The number of aryl methyl sites for hydroxylation is 1. The maximum Gasteiger partial charge on any atom is 0.220 e. The zero-order chi connectivity index (χ0) is 46.9. The number of fused-ring (bicyclic) bond motifs is 1. The van der Waals surface area contributed by atoms with Crippen LogP contribution < -0.4 is 32.0 Å². The number of benzene rings is 4. The average molecular weight is 864 g/mol. The van der Waals surface area contributed by atoms with Gasteiger partial charge in [0.15, 0.2) is 0 Å². The number of unbranched alkanes of at least 4 members (excludes halogenated alkanes) is 5. The SMILES string of the molecule is C=C/C(=C\C=C/CCC(=O)NCCCCCCNc1cccc(C=O)c1COC)Cc1ccc2c(Oc3ccc(C)cc3)cccc2c1.C=CNNC.C=O.CCCCC.NC=O. The van der Waals surface area contributed by atoms with Gasteiger partial charge in [-0.05, 0) is 73.4 Å². The van der Waals surface area contributed by atoms with Crippen LogP contribution in [0, 0.1) is 6.92 Å². The molecule has 11 heteroatoms. The standard InChI is InChI=1S/C42H48N2O4.C5H12.C3H8N2.CH3NO.CH2O/c1-4-33(28-34-22-25-38-35(29-34)15-13-18-41(38)48-37-23-20-32(2)21-24-37)14-8-7-9-19-42(46)44-27-11-6-5-10-26-43-40-17-12-16-36(30-45)39(40)31-47-3;2*1-3-5-4-2;2-1-3;1-2/h4,7-8,12-18,20-25,29-30,43H,1,5-6,9-11,19,26-28,31H2,2-3H3,(H,44,46);3-5H2,1-2H3;3-5H,1H2,2H3;1H,(H2,2,3);1H2/b8-7-,33-14+;;;;. The molecule has 4 aromatic carbocycles. The van der Waals surface area contributed by atoms with E-state index in [-0.39, 0.29) is 12.3 Å². The Morgan fingerprint density at radius 2 is 1.54 bits per heavy atom. The van der Waals surface area contributed by atoms with Gasteiger partial charge in [0.05, 0.1) is 6.61 Å². The molecule has 342 valence electrons. The van der Waals surface area contributed by atoms with Crippen LogP contribution in [0.2, 0.25) is 0 Å². The Hall–Kier alpha value is -6.30. The van der Waals surface area contributed by atoms with Gasteiger partial charge in [-0.2, -0.15) is 0 Å². The number of aldehydes is 1. The highest BCUT2D eigenvalue weighted by molar-refractivity contribution is 5.89. The number of primary amides is 1. The van der Waals surface area contributed by atoms with E-state index in [2.05, 4.69) is 104 Å². The average Bonchev–Trinajstić information content (AvgIpc) is 3.30. The molecule has 0 bridgehead atoms. The minimum Gasteiger partial charge on any atom is -0.457 e. The number of ether oxygens (including phenoxy) is 2. The van der Waals surface area contributed by atoms with Crippen molar-refractivity contribution >= 4 is 41.9 Å². The van der Waals surface area contributed by atoms with Crippen LogP contribution in [0.25, 0.3) is 10.8 Å². The number of hydrogen-bond donors (Lipinski definition) is 5. The van der Waals surface area contributed by atoms with Crippen molar-refractivity contribution in [2.75, 3.05) is 32.6 Å². The quantitative estimate of drug-likeness (QED) is 0.0200. The summed E-state index contributed by atoms with van der Waals surface area (Å²) in [6, 6.07) is 26.4. The Bertz CT molecular complexity index is 1920. The van der Waals surface area contributed by atoms with Crippen molar-refractivity contribution < 1.29 is 28.7 Å².